The Morgan fingerprint density at radius 2 is 2.00 bits per heavy atom. The highest BCUT2D eigenvalue weighted by atomic mass is 16.5. The highest BCUT2D eigenvalue weighted by molar-refractivity contribution is 5.76. The zero-order valence-electron chi connectivity index (χ0n) is 12.8. The summed E-state index contributed by atoms with van der Waals surface area (Å²) in [6.07, 6.45) is 2.73. The maximum Gasteiger partial charge on any atom is 0.225 e. The molecular formula is C17H25NO2. The van der Waals surface area contributed by atoms with Crippen molar-refractivity contribution in [1.29, 1.82) is 0 Å². The van der Waals surface area contributed by atoms with E-state index in [9.17, 15) is 4.79 Å². The Bertz CT molecular complexity index is 462. The number of hydrogen-bond acceptors (Lipinski definition) is 2. The maximum absolute atomic E-state index is 12.1. The van der Waals surface area contributed by atoms with Crippen molar-refractivity contribution in [2.75, 3.05) is 19.7 Å². The van der Waals surface area contributed by atoms with Gasteiger partial charge in [-0.05, 0) is 44.2 Å². The Hall–Kier alpha value is -1.51. The van der Waals surface area contributed by atoms with Crippen molar-refractivity contribution in [3.05, 3.63) is 29.3 Å². The number of aryl methyl sites for hydroxylation is 2. The molecule has 1 aliphatic heterocycles. The molecule has 1 heterocycles. The topological polar surface area (TPSA) is 29.5 Å². The SMILES string of the molecule is Cc1ccc(OCCC(=O)N2CCC(C)CC2)c(C)c1. The first-order valence-electron chi connectivity index (χ1n) is 7.54. The minimum atomic E-state index is 0.224. The summed E-state index contributed by atoms with van der Waals surface area (Å²) in [5.41, 5.74) is 2.36. The van der Waals surface area contributed by atoms with E-state index in [-0.39, 0.29) is 5.91 Å². The zero-order chi connectivity index (χ0) is 14.5. The molecule has 0 bridgehead atoms. The number of benzene rings is 1. The summed E-state index contributed by atoms with van der Waals surface area (Å²) >= 11 is 0. The van der Waals surface area contributed by atoms with Crippen molar-refractivity contribution in [3.8, 4) is 5.75 Å². The van der Waals surface area contributed by atoms with Crippen molar-refractivity contribution in [3.63, 3.8) is 0 Å². The molecule has 3 nitrogen and oxygen atoms in total. The Morgan fingerprint density at radius 3 is 2.65 bits per heavy atom. The van der Waals surface area contributed by atoms with Gasteiger partial charge in [-0.15, -0.1) is 0 Å². The van der Waals surface area contributed by atoms with E-state index in [1.54, 1.807) is 0 Å². The number of amides is 1. The Labute approximate surface area is 121 Å². The predicted molar refractivity (Wildman–Crippen MR) is 81.0 cm³/mol. The number of ether oxygens (including phenoxy) is 1. The molecule has 1 aromatic rings. The number of piperidine rings is 1. The molecule has 0 unspecified atom stereocenters. The minimum absolute atomic E-state index is 0.224. The molecule has 2 rings (SSSR count). The maximum atomic E-state index is 12.1. The second-order valence-electron chi connectivity index (χ2n) is 5.93. The third kappa shape index (κ3) is 3.99. The molecule has 3 heteroatoms. The van der Waals surface area contributed by atoms with E-state index in [2.05, 4.69) is 19.9 Å². The van der Waals surface area contributed by atoms with E-state index in [1.165, 1.54) is 5.56 Å². The van der Waals surface area contributed by atoms with Crippen LogP contribution >= 0.6 is 0 Å². The molecular weight excluding hydrogens is 250 g/mol. The summed E-state index contributed by atoms with van der Waals surface area (Å²) in [6.45, 7) is 8.64. The van der Waals surface area contributed by atoms with Crippen molar-refractivity contribution in [1.82, 2.24) is 4.90 Å². The Morgan fingerprint density at radius 1 is 1.30 bits per heavy atom. The first kappa shape index (κ1) is 14.9. The highest BCUT2D eigenvalue weighted by Gasteiger charge is 2.19. The van der Waals surface area contributed by atoms with Gasteiger partial charge < -0.3 is 9.64 Å². The summed E-state index contributed by atoms with van der Waals surface area (Å²) in [4.78, 5) is 14.1. The molecule has 1 saturated heterocycles. The lowest BCUT2D eigenvalue weighted by Crippen LogP contribution is -2.38. The van der Waals surface area contributed by atoms with Crippen LogP contribution in [0.1, 0.15) is 37.3 Å². The molecule has 0 aliphatic carbocycles. The quantitative estimate of drug-likeness (QED) is 0.843. The van der Waals surface area contributed by atoms with Crippen LogP contribution in [0.2, 0.25) is 0 Å². The average molecular weight is 275 g/mol. The van der Waals surface area contributed by atoms with Gasteiger partial charge in [-0.2, -0.15) is 0 Å². The van der Waals surface area contributed by atoms with Crippen LogP contribution in [-0.2, 0) is 4.79 Å². The lowest BCUT2D eigenvalue weighted by molar-refractivity contribution is -0.133. The van der Waals surface area contributed by atoms with Crippen molar-refractivity contribution in [2.24, 2.45) is 5.92 Å². The van der Waals surface area contributed by atoms with Crippen LogP contribution in [0.4, 0.5) is 0 Å². The number of rotatable bonds is 4. The monoisotopic (exact) mass is 275 g/mol. The largest absolute Gasteiger partial charge is 0.493 e. The van der Waals surface area contributed by atoms with Gasteiger partial charge >= 0.3 is 0 Å². The average Bonchev–Trinajstić information content (AvgIpc) is 2.42. The lowest BCUT2D eigenvalue weighted by atomic mass is 9.99. The summed E-state index contributed by atoms with van der Waals surface area (Å²) in [6, 6.07) is 6.12. The standard InChI is InChI=1S/C17H25NO2/c1-13-6-9-18(10-7-13)17(19)8-11-20-16-5-4-14(2)12-15(16)3/h4-5,12-13H,6-11H2,1-3H3. The van der Waals surface area contributed by atoms with Crippen LogP contribution in [0, 0.1) is 19.8 Å². The van der Waals surface area contributed by atoms with Crippen LogP contribution in [0.25, 0.3) is 0 Å². The predicted octanol–water partition coefficient (Wildman–Crippen LogP) is 3.33. The zero-order valence-corrected chi connectivity index (χ0v) is 12.8. The second-order valence-corrected chi connectivity index (χ2v) is 5.93. The van der Waals surface area contributed by atoms with E-state index in [4.69, 9.17) is 4.74 Å². The molecule has 0 aromatic heterocycles. The fourth-order valence-electron chi connectivity index (χ4n) is 2.63. The van der Waals surface area contributed by atoms with E-state index in [0.717, 1.165) is 43.2 Å². The lowest BCUT2D eigenvalue weighted by Gasteiger charge is -2.30. The summed E-state index contributed by atoms with van der Waals surface area (Å²) < 4.78 is 5.73. The highest BCUT2D eigenvalue weighted by Crippen LogP contribution is 2.19. The van der Waals surface area contributed by atoms with Crippen molar-refractivity contribution in [2.45, 2.75) is 40.0 Å². The molecule has 1 aromatic carbocycles. The molecule has 1 fully saturated rings. The summed E-state index contributed by atoms with van der Waals surface area (Å²) in [5, 5.41) is 0. The van der Waals surface area contributed by atoms with Gasteiger partial charge in [0.2, 0.25) is 5.91 Å². The van der Waals surface area contributed by atoms with Crippen molar-refractivity contribution < 1.29 is 9.53 Å². The molecule has 0 N–H and O–H groups in total. The van der Waals surface area contributed by atoms with E-state index >= 15 is 0 Å². The third-order valence-electron chi connectivity index (χ3n) is 4.04. The van der Waals surface area contributed by atoms with Crippen LogP contribution in [-0.4, -0.2) is 30.5 Å². The van der Waals surface area contributed by atoms with Gasteiger partial charge in [0.25, 0.3) is 0 Å². The van der Waals surface area contributed by atoms with E-state index in [0.29, 0.717) is 13.0 Å². The second kappa shape index (κ2) is 6.78. The van der Waals surface area contributed by atoms with Crippen LogP contribution in [0.15, 0.2) is 18.2 Å². The van der Waals surface area contributed by atoms with Gasteiger partial charge in [-0.1, -0.05) is 24.6 Å². The van der Waals surface area contributed by atoms with Gasteiger partial charge in [-0.3, -0.25) is 4.79 Å². The van der Waals surface area contributed by atoms with E-state index in [1.807, 2.05) is 24.0 Å². The summed E-state index contributed by atoms with van der Waals surface area (Å²) in [7, 11) is 0. The molecule has 0 saturated carbocycles. The molecule has 20 heavy (non-hydrogen) atoms. The first-order valence-corrected chi connectivity index (χ1v) is 7.54. The first-order chi connectivity index (χ1) is 9.56. The third-order valence-corrected chi connectivity index (χ3v) is 4.04. The Kier molecular flexibility index (Phi) is 5.05. The fraction of sp³-hybridized carbons (Fsp3) is 0.588. The van der Waals surface area contributed by atoms with Gasteiger partial charge in [0, 0.05) is 13.1 Å². The van der Waals surface area contributed by atoms with Crippen molar-refractivity contribution >= 4 is 5.91 Å². The molecule has 1 aliphatic rings. The van der Waals surface area contributed by atoms with Gasteiger partial charge in [0.05, 0.1) is 13.0 Å². The molecule has 1 amide bonds. The van der Waals surface area contributed by atoms with Gasteiger partial charge in [0.15, 0.2) is 0 Å². The number of likely N-dealkylation sites (tertiary alicyclic amines) is 1. The Balaban J connectivity index is 1.76. The summed E-state index contributed by atoms with van der Waals surface area (Å²) in [5.74, 6) is 1.86. The molecule has 0 atom stereocenters. The molecule has 110 valence electrons. The van der Waals surface area contributed by atoms with Crippen LogP contribution in [0.5, 0.6) is 5.75 Å². The van der Waals surface area contributed by atoms with Crippen LogP contribution < -0.4 is 4.74 Å². The van der Waals surface area contributed by atoms with Gasteiger partial charge in [0.1, 0.15) is 5.75 Å². The number of hydrogen-bond donors (Lipinski definition) is 0. The van der Waals surface area contributed by atoms with Crippen LogP contribution in [0.3, 0.4) is 0 Å². The number of carbonyl (C=O) groups is 1. The smallest absolute Gasteiger partial charge is 0.225 e. The van der Waals surface area contributed by atoms with Gasteiger partial charge in [-0.25, -0.2) is 0 Å². The number of nitrogens with zero attached hydrogens (tertiary/aromatic N) is 1. The normalized spacial score (nSPS) is 16.2. The molecule has 0 radical (unpaired) electrons. The number of carbonyl (C=O) groups excluding carboxylic acids is 1. The van der Waals surface area contributed by atoms with E-state index < -0.39 is 0 Å². The fourth-order valence-corrected chi connectivity index (χ4v) is 2.63. The molecule has 0 spiro atoms. The minimum Gasteiger partial charge on any atom is -0.493 e.